The zero-order chi connectivity index (χ0) is 12.3. The molecule has 0 unspecified atom stereocenters. The van der Waals surface area contributed by atoms with Gasteiger partial charge in [-0.1, -0.05) is 18.2 Å². The minimum atomic E-state index is -3.70. The van der Waals surface area contributed by atoms with Crippen molar-refractivity contribution in [1.82, 2.24) is 0 Å². The van der Waals surface area contributed by atoms with Crippen LogP contribution in [-0.4, -0.2) is 12.6 Å². The first-order valence-electron chi connectivity index (χ1n) is 4.81. The number of nitrogens with two attached hydrogens (primary N) is 1. The second kappa shape index (κ2) is 4.47. The molecular weight excluding hydrogens is 216 g/mol. The van der Waals surface area contributed by atoms with Crippen LogP contribution in [0, 0.1) is 6.92 Å². The first-order valence-corrected chi connectivity index (χ1v) is 4.81. The standard InChI is InChI=1S/C11H13F2NO2/c1-3-16-10(15)11(12,13)8-6-4-5-7(2)9(8)14/h4-6H,3,14H2,1-2H3. The molecule has 5 heteroatoms. The molecule has 0 aliphatic carbocycles. The van der Waals surface area contributed by atoms with E-state index < -0.39 is 17.5 Å². The molecule has 0 saturated heterocycles. The number of hydrogen-bond acceptors (Lipinski definition) is 3. The zero-order valence-electron chi connectivity index (χ0n) is 9.09. The van der Waals surface area contributed by atoms with Gasteiger partial charge in [-0.2, -0.15) is 8.78 Å². The summed E-state index contributed by atoms with van der Waals surface area (Å²) in [6.45, 7) is 2.97. The van der Waals surface area contributed by atoms with Gasteiger partial charge in [0.1, 0.15) is 0 Å². The Morgan fingerprint density at radius 1 is 1.50 bits per heavy atom. The minimum absolute atomic E-state index is 0.0828. The first-order chi connectivity index (χ1) is 7.41. The number of nitrogen functional groups attached to an aromatic ring is 1. The van der Waals surface area contributed by atoms with Gasteiger partial charge in [-0.15, -0.1) is 0 Å². The number of anilines is 1. The van der Waals surface area contributed by atoms with Crippen LogP contribution < -0.4 is 5.73 Å². The summed E-state index contributed by atoms with van der Waals surface area (Å²) < 4.78 is 31.6. The number of hydrogen-bond donors (Lipinski definition) is 1. The van der Waals surface area contributed by atoms with E-state index in [1.54, 1.807) is 13.0 Å². The summed E-state index contributed by atoms with van der Waals surface area (Å²) in [6, 6.07) is 4.15. The van der Waals surface area contributed by atoms with E-state index in [4.69, 9.17) is 5.73 Å². The Bertz CT molecular complexity index is 405. The Hall–Kier alpha value is -1.65. The topological polar surface area (TPSA) is 52.3 Å². The maximum atomic E-state index is 13.6. The molecular formula is C11H13F2NO2. The van der Waals surface area contributed by atoms with Crippen molar-refractivity contribution in [2.75, 3.05) is 12.3 Å². The molecule has 0 amide bonds. The van der Waals surface area contributed by atoms with Gasteiger partial charge in [-0.05, 0) is 19.4 Å². The number of halogens is 2. The fourth-order valence-electron chi connectivity index (χ4n) is 1.29. The zero-order valence-corrected chi connectivity index (χ0v) is 9.09. The van der Waals surface area contributed by atoms with Gasteiger partial charge in [0.25, 0.3) is 0 Å². The SMILES string of the molecule is CCOC(=O)C(F)(F)c1cccc(C)c1N. The molecule has 0 spiro atoms. The van der Waals surface area contributed by atoms with Gasteiger partial charge in [0.15, 0.2) is 0 Å². The molecule has 0 bridgehead atoms. The minimum Gasteiger partial charge on any atom is -0.461 e. The Balaban J connectivity index is 3.16. The average Bonchev–Trinajstić information content (AvgIpc) is 2.22. The lowest BCUT2D eigenvalue weighted by atomic mass is 10.0. The molecule has 1 rings (SSSR count). The Morgan fingerprint density at radius 2 is 2.12 bits per heavy atom. The highest BCUT2D eigenvalue weighted by atomic mass is 19.3. The van der Waals surface area contributed by atoms with E-state index in [1.807, 2.05) is 0 Å². The summed E-state index contributed by atoms with van der Waals surface area (Å²) in [5.41, 5.74) is 5.43. The molecule has 0 radical (unpaired) electrons. The van der Waals surface area contributed by atoms with E-state index in [9.17, 15) is 13.6 Å². The predicted octanol–water partition coefficient (Wildman–Crippen LogP) is 2.23. The number of benzene rings is 1. The molecule has 0 heterocycles. The van der Waals surface area contributed by atoms with E-state index in [0.29, 0.717) is 5.56 Å². The van der Waals surface area contributed by atoms with Crippen molar-refractivity contribution < 1.29 is 18.3 Å². The fourth-order valence-corrected chi connectivity index (χ4v) is 1.29. The molecule has 2 N–H and O–H groups in total. The van der Waals surface area contributed by atoms with E-state index in [2.05, 4.69) is 4.74 Å². The van der Waals surface area contributed by atoms with Gasteiger partial charge in [0, 0.05) is 5.69 Å². The smallest absolute Gasteiger partial charge is 0.382 e. The van der Waals surface area contributed by atoms with Crippen LogP contribution in [0.15, 0.2) is 18.2 Å². The largest absolute Gasteiger partial charge is 0.461 e. The molecule has 1 aromatic carbocycles. The highest BCUT2D eigenvalue weighted by Crippen LogP contribution is 2.34. The van der Waals surface area contributed by atoms with E-state index in [0.717, 1.165) is 6.07 Å². The molecule has 1 aromatic rings. The molecule has 88 valence electrons. The van der Waals surface area contributed by atoms with Crippen molar-refractivity contribution in [1.29, 1.82) is 0 Å². The van der Waals surface area contributed by atoms with E-state index >= 15 is 0 Å². The van der Waals surface area contributed by atoms with Crippen LogP contribution in [0.3, 0.4) is 0 Å². The summed E-state index contributed by atoms with van der Waals surface area (Å²) in [5.74, 6) is -5.28. The van der Waals surface area contributed by atoms with Gasteiger partial charge in [0.05, 0.1) is 12.2 Å². The molecule has 0 aromatic heterocycles. The lowest BCUT2D eigenvalue weighted by molar-refractivity contribution is -0.173. The third-order valence-electron chi connectivity index (χ3n) is 2.19. The van der Waals surface area contributed by atoms with Crippen molar-refractivity contribution in [3.8, 4) is 0 Å². The molecule has 16 heavy (non-hydrogen) atoms. The second-order valence-corrected chi connectivity index (χ2v) is 3.33. The van der Waals surface area contributed by atoms with E-state index in [-0.39, 0.29) is 12.3 Å². The number of rotatable bonds is 3. The van der Waals surface area contributed by atoms with Crippen LogP contribution in [0.5, 0.6) is 0 Å². The maximum absolute atomic E-state index is 13.6. The lowest BCUT2D eigenvalue weighted by Gasteiger charge is -2.17. The molecule has 3 nitrogen and oxygen atoms in total. The average molecular weight is 229 g/mol. The van der Waals surface area contributed by atoms with Gasteiger partial charge < -0.3 is 10.5 Å². The van der Waals surface area contributed by atoms with Crippen molar-refractivity contribution in [3.63, 3.8) is 0 Å². The van der Waals surface area contributed by atoms with Crippen LogP contribution in [0.2, 0.25) is 0 Å². The maximum Gasteiger partial charge on any atom is 0.382 e. The number of esters is 1. The summed E-state index contributed by atoms with van der Waals surface area (Å²) in [6.07, 6.45) is 0. The number of alkyl halides is 2. The Morgan fingerprint density at radius 3 is 2.69 bits per heavy atom. The van der Waals surface area contributed by atoms with Gasteiger partial charge in [0.2, 0.25) is 0 Å². The normalized spacial score (nSPS) is 11.2. The van der Waals surface area contributed by atoms with E-state index in [1.165, 1.54) is 13.0 Å². The Labute approximate surface area is 92.2 Å². The number of carbonyl (C=O) groups excluding carboxylic acids is 1. The first kappa shape index (κ1) is 12.4. The molecule has 0 fully saturated rings. The lowest BCUT2D eigenvalue weighted by Crippen LogP contribution is -2.29. The molecule has 0 atom stereocenters. The molecule has 0 saturated carbocycles. The number of ether oxygens (including phenoxy) is 1. The predicted molar refractivity (Wildman–Crippen MR) is 56.1 cm³/mol. The summed E-state index contributed by atoms with van der Waals surface area (Å²) in [7, 11) is 0. The second-order valence-electron chi connectivity index (χ2n) is 3.33. The third kappa shape index (κ3) is 2.13. The van der Waals surface area contributed by atoms with Crippen LogP contribution in [0.4, 0.5) is 14.5 Å². The van der Waals surface area contributed by atoms with Crippen molar-refractivity contribution in [2.24, 2.45) is 0 Å². The summed E-state index contributed by atoms with van der Waals surface area (Å²) in [4.78, 5) is 11.1. The Kier molecular flexibility index (Phi) is 3.47. The van der Waals surface area contributed by atoms with Gasteiger partial charge in [-0.25, -0.2) is 4.79 Å². The number of para-hydroxylation sites is 1. The summed E-state index contributed by atoms with van der Waals surface area (Å²) >= 11 is 0. The highest BCUT2D eigenvalue weighted by Gasteiger charge is 2.44. The molecule has 0 aliphatic heterocycles. The quantitative estimate of drug-likeness (QED) is 0.638. The van der Waals surface area contributed by atoms with Crippen molar-refractivity contribution >= 4 is 11.7 Å². The van der Waals surface area contributed by atoms with Crippen LogP contribution >= 0.6 is 0 Å². The summed E-state index contributed by atoms with van der Waals surface area (Å²) in [5, 5.41) is 0. The number of aryl methyl sites for hydroxylation is 1. The number of carbonyl (C=O) groups is 1. The van der Waals surface area contributed by atoms with Gasteiger partial charge >= 0.3 is 11.9 Å². The molecule has 0 aliphatic rings. The van der Waals surface area contributed by atoms with Crippen molar-refractivity contribution in [2.45, 2.75) is 19.8 Å². The van der Waals surface area contributed by atoms with Crippen LogP contribution in [-0.2, 0) is 15.5 Å². The van der Waals surface area contributed by atoms with Crippen LogP contribution in [0.25, 0.3) is 0 Å². The third-order valence-corrected chi connectivity index (χ3v) is 2.19. The fraction of sp³-hybridized carbons (Fsp3) is 0.364. The van der Waals surface area contributed by atoms with Crippen molar-refractivity contribution in [3.05, 3.63) is 29.3 Å². The monoisotopic (exact) mass is 229 g/mol. The van der Waals surface area contributed by atoms with Crippen LogP contribution in [0.1, 0.15) is 18.1 Å². The van der Waals surface area contributed by atoms with Gasteiger partial charge in [-0.3, -0.25) is 0 Å². The highest BCUT2D eigenvalue weighted by molar-refractivity contribution is 5.82.